The molecule has 3 aromatic rings. The molecule has 0 saturated carbocycles. The molecular formula is C17H15BrClFN4O2. The number of fused-ring (bicyclic) bond motifs is 1. The first-order valence-electron chi connectivity index (χ1n) is 7.84. The van der Waals surface area contributed by atoms with Gasteiger partial charge in [0.05, 0.1) is 17.7 Å². The zero-order valence-electron chi connectivity index (χ0n) is 14.0. The molecule has 0 aliphatic heterocycles. The number of halogens is 3. The standard InChI is InChI=1S/C17H15BrClFN4O2/c1-3-6-24-8-21-15-12(16(24)25)14(13(19)17(26)23(15)2)22-11-5-4-9(18)7-10(11)20/h4-5,7-8,22H,3,6H2,1-2H3. The lowest BCUT2D eigenvalue weighted by atomic mass is 10.2. The van der Waals surface area contributed by atoms with Crippen LogP contribution in [0, 0.1) is 5.82 Å². The molecule has 0 saturated heterocycles. The van der Waals surface area contributed by atoms with Gasteiger partial charge in [-0.25, -0.2) is 9.37 Å². The van der Waals surface area contributed by atoms with Gasteiger partial charge in [0, 0.05) is 18.1 Å². The Bertz CT molecular complexity index is 1130. The van der Waals surface area contributed by atoms with Gasteiger partial charge in [-0.2, -0.15) is 0 Å². The van der Waals surface area contributed by atoms with Crippen LogP contribution in [-0.2, 0) is 13.6 Å². The minimum absolute atomic E-state index is 0.0499. The van der Waals surface area contributed by atoms with Gasteiger partial charge in [0.1, 0.15) is 16.2 Å². The summed E-state index contributed by atoms with van der Waals surface area (Å²) in [6.07, 6.45) is 2.13. The van der Waals surface area contributed by atoms with Crippen LogP contribution < -0.4 is 16.4 Å². The van der Waals surface area contributed by atoms with Gasteiger partial charge in [-0.05, 0) is 24.6 Å². The lowest BCUT2D eigenvalue weighted by Gasteiger charge is -2.15. The van der Waals surface area contributed by atoms with Crippen molar-refractivity contribution in [1.29, 1.82) is 0 Å². The molecule has 0 unspecified atom stereocenters. The van der Waals surface area contributed by atoms with Crippen LogP contribution in [0.3, 0.4) is 0 Å². The highest BCUT2D eigenvalue weighted by atomic mass is 79.9. The molecule has 3 rings (SSSR count). The third-order valence-corrected chi connectivity index (χ3v) is 4.80. The largest absolute Gasteiger partial charge is 0.351 e. The maximum absolute atomic E-state index is 14.2. The highest BCUT2D eigenvalue weighted by molar-refractivity contribution is 9.10. The van der Waals surface area contributed by atoms with Crippen molar-refractivity contribution in [3.63, 3.8) is 0 Å². The van der Waals surface area contributed by atoms with E-state index in [0.717, 1.165) is 6.42 Å². The SMILES string of the molecule is CCCn1cnc2c(c(Nc3ccc(Br)cc3F)c(Cl)c(=O)n2C)c1=O. The van der Waals surface area contributed by atoms with Gasteiger partial charge in [0.2, 0.25) is 0 Å². The summed E-state index contributed by atoms with van der Waals surface area (Å²) < 4.78 is 17.4. The maximum atomic E-state index is 14.2. The lowest BCUT2D eigenvalue weighted by molar-refractivity contribution is 0.631. The van der Waals surface area contributed by atoms with E-state index in [4.69, 9.17) is 11.6 Å². The fourth-order valence-corrected chi connectivity index (χ4v) is 3.26. The third-order valence-electron chi connectivity index (χ3n) is 3.95. The molecule has 0 aliphatic rings. The second kappa shape index (κ2) is 7.20. The zero-order chi connectivity index (χ0) is 19.0. The Balaban J connectivity index is 2.34. The van der Waals surface area contributed by atoms with Gasteiger partial charge in [-0.1, -0.05) is 34.5 Å². The molecule has 0 spiro atoms. The number of rotatable bonds is 4. The number of nitrogens with one attached hydrogen (secondary N) is 1. The first-order valence-corrected chi connectivity index (χ1v) is 9.02. The molecule has 9 heteroatoms. The Morgan fingerprint density at radius 1 is 1.31 bits per heavy atom. The van der Waals surface area contributed by atoms with Crippen LogP contribution in [0.4, 0.5) is 15.8 Å². The Hall–Kier alpha value is -2.19. The summed E-state index contributed by atoms with van der Waals surface area (Å²) in [6, 6.07) is 4.39. The zero-order valence-corrected chi connectivity index (χ0v) is 16.4. The maximum Gasteiger partial charge on any atom is 0.272 e. The molecule has 0 amide bonds. The lowest BCUT2D eigenvalue weighted by Crippen LogP contribution is -2.27. The monoisotopic (exact) mass is 440 g/mol. The normalized spacial score (nSPS) is 11.1. The second-order valence-corrected chi connectivity index (χ2v) is 7.04. The van der Waals surface area contributed by atoms with Gasteiger partial charge in [0.15, 0.2) is 5.65 Å². The summed E-state index contributed by atoms with van der Waals surface area (Å²) >= 11 is 9.39. The molecule has 0 aliphatic carbocycles. The van der Waals surface area contributed by atoms with Crippen molar-refractivity contribution in [3.05, 3.63) is 60.5 Å². The predicted molar refractivity (Wildman–Crippen MR) is 104 cm³/mol. The highest BCUT2D eigenvalue weighted by Crippen LogP contribution is 2.30. The summed E-state index contributed by atoms with van der Waals surface area (Å²) in [5.41, 5.74) is -0.561. The number of nitrogens with zero attached hydrogens (tertiary/aromatic N) is 3. The molecule has 0 radical (unpaired) electrons. The average Bonchev–Trinajstić information content (AvgIpc) is 2.60. The molecule has 1 N–H and O–H groups in total. The number of aryl methyl sites for hydroxylation is 2. The highest BCUT2D eigenvalue weighted by Gasteiger charge is 2.19. The topological polar surface area (TPSA) is 68.9 Å². The van der Waals surface area contributed by atoms with Gasteiger partial charge in [-0.3, -0.25) is 18.7 Å². The molecule has 0 atom stereocenters. The van der Waals surface area contributed by atoms with E-state index in [1.807, 2.05) is 6.92 Å². The third kappa shape index (κ3) is 3.14. The van der Waals surface area contributed by atoms with Crippen molar-refractivity contribution < 1.29 is 4.39 Å². The molecule has 2 aromatic heterocycles. The van der Waals surface area contributed by atoms with Crippen molar-refractivity contribution in [2.75, 3.05) is 5.32 Å². The first kappa shape index (κ1) is 18.6. The Morgan fingerprint density at radius 2 is 2.04 bits per heavy atom. The van der Waals surface area contributed by atoms with Crippen LogP contribution in [0.1, 0.15) is 13.3 Å². The van der Waals surface area contributed by atoms with Crippen LogP contribution in [-0.4, -0.2) is 14.1 Å². The number of hydrogen-bond donors (Lipinski definition) is 1. The number of pyridine rings is 1. The Morgan fingerprint density at radius 3 is 2.69 bits per heavy atom. The van der Waals surface area contributed by atoms with Gasteiger partial charge in [-0.15, -0.1) is 0 Å². The first-order chi connectivity index (χ1) is 12.3. The number of anilines is 2. The quantitative estimate of drug-likeness (QED) is 0.668. The van der Waals surface area contributed by atoms with E-state index in [0.29, 0.717) is 11.0 Å². The van der Waals surface area contributed by atoms with Crippen molar-refractivity contribution in [2.45, 2.75) is 19.9 Å². The summed E-state index contributed by atoms with van der Waals surface area (Å²) in [5.74, 6) is -0.554. The van der Waals surface area contributed by atoms with Crippen molar-refractivity contribution in [2.24, 2.45) is 7.05 Å². The van der Waals surface area contributed by atoms with Crippen LogP contribution in [0.25, 0.3) is 11.0 Å². The van der Waals surface area contributed by atoms with E-state index in [2.05, 4.69) is 26.2 Å². The summed E-state index contributed by atoms with van der Waals surface area (Å²) in [6.45, 7) is 2.40. The summed E-state index contributed by atoms with van der Waals surface area (Å²) in [7, 11) is 1.48. The van der Waals surface area contributed by atoms with E-state index < -0.39 is 11.4 Å². The van der Waals surface area contributed by atoms with Gasteiger partial charge < -0.3 is 5.32 Å². The van der Waals surface area contributed by atoms with E-state index in [9.17, 15) is 14.0 Å². The van der Waals surface area contributed by atoms with Gasteiger partial charge >= 0.3 is 0 Å². The fourth-order valence-electron chi connectivity index (χ4n) is 2.66. The number of hydrogen-bond acceptors (Lipinski definition) is 4. The molecule has 6 nitrogen and oxygen atoms in total. The van der Waals surface area contributed by atoms with E-state index >= 15 is 0 Å². The molecule has 26 heavy (non-hydrogen) atoms. The van der Waals surface area contributed by atoms with Crippen LogP contribution in [0.2, 0.25) is 5.02 Å². The predicted octanol–water partition coefficient (Wildman–Crippen LogP) is 3.80. The summed E-state index contributed by atoms with van der Waals surface area (Å²) in [4.78, 5) is 29.5. The van der Waals surface area contributed by atoms with Crippen molar-refractivity contribution in [1.82, 2.24) is 14.1 Å². The van der Waals surface area contributed by atoms with Crippen molar-refractivity contribution in [3.8, 4) is 0 Å². The minimum atomic E-state index is -0.554. The second-order valence-electron chi connectivity index (χ2n) is 5.74. The minimum Gasteiger partial charge on any atom is -0.351 e. The molecule has 136 valence electrons. The summed E-state index contributed by atoms with van der Waals surface area (Å²) in [5, 5.41) is 2.73. The number of benzene rings is 1. The Kier molecular flexibility index (Phi) is 5.15. The van der Waals surface area contributed by atoms with Crippen LogP contribution >= 0.6 is 27.5 Å². The Labute approximate surface area is 161 Å². The van der Waals surface area contributed by atoms with Crippen LogP contribution in [0.5, 0.6) is 0 Å². The van der Waals surface area contributed by atoms with Crippen molar-refractivity contribution >= 4 is 49.9 Å². The molecule has 1 aromatic carbocycles. The molecule has 0 fully saturated rings. The van der Waals surface area contributed by atoms with E-state index in [1.165, 1.54) is 34.6 Å². The average molecular weight is 442 g/mol. The van der Waals surface area contributed by atoms with E-state index in [1.54, 1.807) is 6.07 Å². The van der Waals surface area contributed by atoms with Gasteiger partial charge in [0.25, 0.3) is 11.1 Å². The number of aromatic nitrogens is 3. The molecule has 0 bridgehead atoms. The molecule has 2 heterocycles. The smallest absolute Gasteiger partial charge is 0.272 e. The van der Waals surface area contributed by atoms with E-state index in [-0.39, 0.29) is 33.0 Å². The van der Waals surface area contributed by atoms with Crippen LogP contribution in [0.15, 0.2) is 38.6 Å². The molecular weight excluding hydrogens is 427 g/mol. The fraction of sp³-hybridized carbons (Fsp3) is 0.235.